The van der Waals surface area contributed by atoms with E-state index < -0.39 is 0 Å². The average molecular weight is 116 g/mol. The van der Waals surface area contributed by atoms with E-state index in [1.807, 2.05) is 19.1 Å². The van der Waals surface area contributed by atoms with E-state index in [9.17, 15) is 0 Å². The molecule has 0 spiro atoms. The third-order valence-corrected chi connectivity index (χ3v) is 0.685. The molecule has 2 heteroatoms. The van der Waals surface area contributed by atoms with E-state index in [1.54, 1.807) is 0 Å². The van der Waals surface area contributed by atoms with Crippen molar-refractivity contribution in [2.75, 3.05) is 19.8 Å². The van der Waals surface area contributed by atoms with Crippen molar-refractivity contribution in [3.63, 3.8) is 0 Å². The molecule has 0 radical (unpaired) electrons. The Kier molecular flexibility index (Phi) is 6.38. The van der Waals surface area contributed by atoms with Crippen LogP contribution in [-0.4, -0.2) is 24.9 Å². The molecule has 48 valence electrons. The van der Waals surface area contributed by atoms with Crippen molar-refractivity contribution in [2.24, 2.45) is 0 Å². The number of hydrogen-bond donors (Lipinski definition) is 1. The van der Waals surface area contributed by atoms with Gasteiger partial charge in [-0.1, -0.05) is 12.2 Å². The summed E-state index contributed by atoms with van der Waals surface area (Å²) in [6.45, 7) is 3.08. The predicted molar refractivity (Wildman–Crippen MR) is 32.7 cm³/mol. The standard InChI is InChI=1S/C6H12O2/c1-2-3-5-8-6-4-7/h2-3,7H,4-6H2,1H3. The molecule has 0 aliphatic heterocycles. The summed E-state index contributed by atoms with van der Waals surface area (Å²) in [5.74, 6) is 0. The maximum Gasteiger partial charge on any atom is 0.0701 e. The van der Waals surface area contributed by atoms with E-state index >= 15 is 0 Å². The maximum atomic E-state index is 8.22. The Morgan fingerprint density at radius 1 is 1.62 bits per heavy atom. The Morgan fingerprint density at radius 3 is 2.88 bits per heavy atom. The van der Waals surface area contributed by atoms with Crippen molar-refractivity contribution >= 4 is 0 Å². The average Bonchev–Trinajstić information content (AvgIpc) is 1.81. The van der Waals surface area contributed by atoms with Crippen molar-refractivity contribution in [3.05, 3.63) is 12.2 Å². The molecule has 1 N–H and O–H groups in total. The quantitative estimate of drug-likeness (QED) is 0.430. The van der Waals surface area contributed by atoms with Crippen LogP contribution < -0.4 is 0 Å². The molecule has 0 amide bonds. The second-order valence-corrected chi connectivity index (χ2v) is 1.37. The van der Waals surface area contributed by atoms with E-state index in [1.165, 1.54) is 0 Å². The van der Waals surface area contributed by atoms with Crippen LogP contribution in [0, 0.1) is 0 Å². The predicted octanol–water partition coefficient (Wildman–Crippen LogP) is 0.571. The van der Waals surface area contributed by atoms with Crippen LogP contribution in [0.2, 0.25) is 0 Å². The highest BCUT2D eigenvalue weighted by Crippen LogP contribution is 1.74. The van der Waals surface area contributed by atoms with Gasteiger partial charge in [-0.3, -0.25) is 0 Å². The number of rotatable bonds is 4. The molecule has 0 aliphatic carbocycles. The topological polar surface area (TPSA) is 29.5 Å². The number of aliphatic hydroxyl groups is 1. The Bertz CT molecular complexity index is 59.5. The molecule has 0 atom stereocenters. The van der Waals surface area contributed by atoms with Crippen LogP contribution in [0.3, 0.4) is 0 Å². The Balaban J connectivity index is 2.72. The van der Waals surface area contributed by atoms with Crippen molar-refractivity contribution in [3.8, 4) is 0 Å². The summed E-state index contributed by atoms with van der Waals surface area (Å²) in [6, 6.07) is 0. The number of ether oxygens (including phenoxy) is 1. The van der Waals surface area contributed by atoms with Crippen LogP contribution >= 0.6 is 0 Å². The van der Waals surface area contributed by atoms with Gasteiger partial charge in [-0.25, -0.2) is 0 Å². The third kappa shape index (κ3) is 5.66. The van der Waals surface area contributed by atoms with E-state index in [-0.39, 0.29) is 6.61 Å². The zero-order valence-electron chi connectivity index (χ0n) is 5.13. The SMILES string of the molecule is CC=CCOCCO. The molecule has 0 aliphatic rings. The summed E-state index contributed by atoms with van der Waals surface area (Å²) in [5, 5.41) is 8.22. The van der Waals surface area contributed by atoms with Gasteiger partial charge in [0.05, 0.1) is 19.8 Å². The summed E-state index contributed by atoms with van der Waals surface area (Å²) in [5.41, 5.74) is 0. The first-order chi connectivity index (χ1) is 3.91. The molecular weight excluding hydrogens is 104 g/mol. The van der Waals surface area contributed by atoms with Crippen LogP contribution in [-0.2, 0) is 4.74 Å². The van der Waals surface area contributed by atoms with Gasteiger partial charge in [0.15, 0.2) is 0 Å². The fourth-order valence-corrected chi connectivity index (χ4v) is 0.312. The minimum absolute atomic E-state index is 0.109. The van der Waals surface area contributed by atoms with Crippen LogP contribution in [0.4, 0.5) is 0 Å². The number of allylic oxidation sites excluding steroid dienone is 1. The monoisotopic (exact) mass is 116 g/mol. The van der Waals surface area contributed by atoms with Crippen molar-refractivity contribution < 1.29 is 9.84 Å². The molecule has 0 saturated heterocycles. The van der Waals surface area contributed by atoms with Gasteiger partial charge in [0, 0.05) is 0 Å². The highest BCUT2D eigenvalue weighted by molar-refractivity contribution is 4.75. The molecule has 0 aromatic heterocycles. The lowest BCUT2D eigenvalue weighted by atomic mass is 10.5. The zero-order valence-corrected chi connectivity index (χ0v) is 5.13. The minimum Gasteiger partial charge on any atom is -0.394 e. The van der Waals surface area contributed by atoms with Crippen molar-refractivity contribution in [2.45, 2.75) is 6.92 Å². The third-order valence-electron chi connectivity index (χ3n) is 0.685. The first-order valence-corrected chi connectivity index (χ1v) is 2.71. The van der Waals surface area contributed by atoms with Crippen LogP contribution in [0.15, 0.2) is 12.2 Å². The van der Waals surface area contributed by atoms with E-state index in [4.69, 9.17) is 9.84 Å². The summed E-state index contributed by atoms with van der Waals surface area (Å²) in [4.78, 5) is 0. The molecule has 0 rings (SSSR count). The van der Waals surface area contributed by atoms with Crippen molar-refractivity contribution in [1.82, 2.24) is 0 Å². The molecule has 0 heterocycles. The highest BCUT2D eigenvalue weighted by atomic mass is 16.5. The number of aliphatic hydroxyl groups excluding tert-OH is 1. The zero-order chi connectivity index (χ0) is 6.24. The number of hydrogen-bond acceptors (Lipinski definition) is 2. The molecule has 0 aromatic rings. The Hall–Kier alpha value is -0.340. The van der Waals surface area contributed by atoms with Crippen LogP contribution in [0.25, 0.3) is 0 Å². The van der Waals surface area contributed by atoms with Crippen LogP contribution in [0.1, 0.15) is 6.92 Å². The molecule has 0 bridgehead atoms. The summed E-state index contributed by atoms with van der Waals surface area (Å²) >= 11 is 0. The van der Waals surface area contributed by atoms with Gasteiger partial charge in [0.25, 0.3) is 0 Å². The molecular formula is C6H12O2. The lowest BCUT2D eigenvalue weighted by molar-refractivity contribution is 0.112. The normalized spacial score (nSPS) is 10.8. The molecule has 0 aromatic carbocycles. The Labute approximate surface area is 49.8 Å². The largest absolute Gasteiger partial charge is 0.394 e. The van der Waals surface area contributed by atoms with Gasteiger partial charge in [-0.2, -0.15) is 0 Å². The van der Waals surface area contributed by atoms with E-state index in [0.29, 0.717) is 13.2 Å². The smallest absolute Gasteiger partial charge is 0.0701 e. The lowest BCUT2D eigenvalue weighted by Crippen LogP contribution is -1.97. The molecule has 0 saturated carbocycles. The summed E-state index contributed by atoms with van der Waals surface area (Å²) in [6.07, 6.45) is 3.81. The molecule has 0 unspecified atom stereocenters. The van der Waals surface area contributed by atoms with Gasteiger partial charge >= 0.3 is 0 Å². The van der Waals surface area contributed by atoms with E-state index in [0.717, 1.165) is 0 Å². The fraction of sp³-hybridized carbons (Fsp3) is 0.667. The van der Waals surface area contributed by atoms with Gasteiger partial charge in [-0.15, -0.1) is 0 Å². The van der Waals surface area contributed by atoms with Crippen LogP contribution in [0.5, 0.6) is 0 Å². The molecule has 2 nitrogen and oxygen atoms in total. The summed E-state index contributed by atoms with van der Waals surface area (Å²) < 4.78 is 4.89. The molecule has 8 heavy (non-hydrogen) atoms. The van der Waals surface area contributed by atoms with Gasteiger partial charge in [0.1, 0.15) is 0 Å². The lowest BCUT2D eigenvalue weighted by Gasteiger charge is -1.93. The van der Waals surface area contributed by atoms with Gasteiger partial charge in [0.2, 0.25) is 0 Å². The van der Waals surface area contributed by atoms with Crippen molar-refractivity contribution in [1.29, 1.82) is 0 Å². The first kappa shape index (κ1) is 7.66. The fourth-order valence-electron chi connectivity index (χ4n) is 0.312. The summed E-state index contributed by atoms with van der Waals surface area (Å²) in [7, 11) is 0. The second-order valence-electron chi connectivity index (χ2n) is 1.37. The molecule has 0 fully saturated rings. The highest BCUT2D eigenvalue weighted by Gasteiger charge is 1.77. The maximum absolute atomic E-state index is 8.22. The van der Waals surface area contributed by atoms with E-state index in [2.05, 4.69) is 0 Å². The van der Waals surface area contributed by atoms with Gasteiger partial charge < -0.3 is 9.84 Å². The second kappa shape index (κ2) is 6.66. The minimum atomic E-state index is 0.109. The first-order valence-electron chi connectivity index (χ1n) is 2.71. The Morgan fingerprint density at radius 2 is 2.38 bits per heavy atom. The van der Waals surface area contributed by atoms with Gasteiger partial charge in [-0.05, 0) is 6.92 Å².